The Hall–Kier alpha value is -1.26. The minimum atomic E-state index is -0.445. The van der Waals surface area contributed by atoms with Crippen LogP contribution in [-0.2, 0) is 0 Å². The first-order valence-electron chi connectivity index (χ1n) is 6.30. The molecule has 1 aliphatic rings. The fourth-order valence-electron chi connectivity index (χ4n) is 2.05. The van der Waals surface area contributed by atoms with Crippen molar-refractivity contribution in [3.63, 3.8) is 0 Å². The fourth-order valence-corrected chi connectivity index (χ4v) is 2.22. The summed E-state index contributed by atoms with van der Waals surface area (Å²) in [4.78, 5) is 13.8. The van der Waals surface area contributed by atoms with Crippen LogP contribution in [-0.4, -0.2) is 42.7 Å². The second kappa shape index (κ2) is 5.80. The summed E-state index contributed by atoms with van der Waals surface area (Å²) < 4.78 is 5.17. The van der Waals surface area contributed by atoms with E-state index in [1.54, 1.807) is 25.2 Å². The minimum Gasteiger partial charge on any atom is -0.496 e. The van der Waals surface area contributed by atoms with Gasteiger partial charge in [-0.1, -0.05) is 11.6 Å². The summed E-state index contributed by atoms with van der Waals surface area (Å²) in [5, 5.41) is 10.4. The molecule has 1 atom stereocenters. The highest BCUT2D eigenvalue weighted by Crippen LogP contribution is 2.33. The number of amides is 1. The lowest BCUT2D eigenvalue weighted by atomic mass is 10.1. The third kappa shape index (κ3) is 3.39. The van der Waals surface area contributed by atoms with Gasteiger partial charge in [0.1, 0.15) is 5.75 Å². The number of hydrogen-bond acceptors (Lipinski definition) is 3. The number of carbonyl (C=O) groups is 1. The van der Waals surface area contributed by atoms with Crippen LogP contribution in [0.3, 0.4) is 0 Å². The Morgan fingerprint density at radius 1 is 1.58 bits per heavy atom. The predicted octanol–water partition coefficient (Wildman–Crippen LogP) is 2.19. The number of hydrogen-bond donors (Lipinski definition) is 1. The van der Waals surface area contributed by atoms with Crippen LogP contribution in [0.1, 0.15) is 23.2 Å². The molecule has 0 aromatic heterocycles. The number of aliphatic hydroxyl groups excluding tert-OH is 1. The second-order valence-corrected chi connectivity index (χ2v) is 5.37. The largest absolute Gasteiger partial charge is 0.496 e. The molecule has 0 aliphatic heterocycles. The van der Waals surface area contributed by atoms with Gasteiger partial charge in [0.15, 0.2) is 0 Å². The highest BCUT2D eigenvalue weighted by molar-refractivity contribution is 6.31. The van der Waals surface area contributed by atoms with Gasteiger partial charge in [-0.3, -0.25) is 4.79 Å². The molecule has 5 heteroatoms. The Morgan fingerprint density at radius 3 is 2.84 bits per heavy atom. The van der Waals surface area contributed by atoms with Crippen LogP contribution in [0.4, 0.5) is 0 Å². The molecule has 1 aromatic rings. The summed E-state index contributed by atoms with van der Waals surface area (Å²) in [6.45, 7) is 0.333. The van der Waals surface area contributed by atoms with Crippen LogP contribution in [0.15, 0.2) is 18.2 Å². The van der Waals surface area contributed by atoms with Crippen molar-refractivity contribution < 1.29 is 14.6 Å². The number of aliphatic hydroxyl groups is 1. The van der Waals surface area contributed by atoms with E-state index < -0.39 is 6.10 Å². The van der Waals surface area contributed by atoms with Crippen molar-refractivity contribution in [2.45, 2.75) is 18.9 Å². The maximum Gasteiger partial charge on any atom is 0.257 e. The van der Waals surface area contributed by atoms with Crippen molar-refractivity contribution in [1.82, 2.24) is 4.90 Å². The highest BCUT2D eigenvalue weighted by atomic mass is 35.5. The van der Waals surface area contributed by atoms with Crippen LogP contribution in [0, 0.1) is 5.92 Å². The summed E-state index contributed by atoms with van der Waals surface area (Å²) in [7, 11) is 3.19. The average Bonchev–Trinajstić information content (AvgIpc) is 3.21. The van der Waals surface area contributed by atoms with Gasteiger partial charge in [-0.15, -0.1) is 0 Å². The Labute approximate surface area is 117 Å². The van der Waals surface area contributed by atoms with Gasteiger partial charge in [0, 0.05) is 18.6 Å². The molecule has 1 aromatic carbocycles. The van der Waals surface area contributed by atoms with Crippen molar-refractivity contribution in [2.75, 3.05) is 20.7 Å². The zero-order valence-electron chi connectivity index (χ0n) is 11.1. The van der Waals surface area contributed by atoms with Gasteiger partial charge >= 0.3 is 0 Å². The molecule has 2 rings (SSSR count). The number of methoxy groups -OCH3 is 1. The van der Waals surface area contributed by atoms with Crippen LogP contribution < -0.4 is 4.74 Å². The lowest BCUT2D eigenvalue weighted by Crippen LogP contribution is -2.35. The Kier molecular flexibility index (Phi) is 4.32. The fraction of sp³-hybridized carbons (Fsp3) is 0.500. The molecule has 0 saturated heterocycles. The molecule has 1 amide bonds. The number of rotatable bonds is 5. The van der Waals surface area contributed by atoms with E-state index in [1.165, 1.54) is 12.0 Å². The number of carbonyl (C=O) groups excluding carboxylic acids is 1. The van der Waals surface area contributed by atoms with Crippen molar-refractivity contribution >= 4 is 17.5 Å². The van der Waals surface area contributed by atoms with Crippen molar-refractivity contribution in [1.29, 1.82) is 0 Å². The Bertz CT molecular complexity index is 474. The monoisotopic (exact) mass is 283 g/mol. The molecular weight excluding hydrogens is 266 g/mol. The summed E-state index contributed by atoms with van der Waals surface area (Å²) in [5.41, 5.74) is 0.417. The van der Waals surface area contributed by atoms with E-state index in [2.05, 4.69) is 0 Å². The number of ether oxygens (including phenoxy) is 1. The first kappa shape index (κ1) is 14.2. The van der Waals surface area contributed by atoms with E-state index in [0.717, 1.165) is 12.8 Å². The third-order valence-corrected chi connectivity index (χ3v) is 3.60. The van der Waals surface area contributed by atoms with E-state index in [1.807, 2.05) is 0 Å². The number of halogens is 1. The highest BCUT2D eigenvalue weighted by Gasteiger charge is 2.31. The number of benzene rings is 1. The quantitative estimate of drug-likeness (QED) is 0.901. The second-order valence-electron chi connectivity index (χ2n) is 4.94. The van der Waals surface area contributed by atoms with Crippen LogP contribution >= 0.6 is 11.6 Å². The van der Waals surface area contributed by atoms with Gasteiger partial charge in [-0.25, -0.2) is 0 Å². The zero-order chi connectivity index (χ0) is 14.0. The van der Waals surface area contributed by atoms with Crippen LogP contribution in [0.25, 0.3) is 0 Å². The summed E-state index contributed by atoms with van der Waals surface area (Å²) in [6.07, 6.45) is 1.65. The molecular formula is C14H18ClNO3. The molecule has 1 unspecified atom stereocenters. The van der Waals surface area contributed by atoms with Gasteiger partial charge in [-0.05, 0) is 37.0 Å². The minimum absolute atomic E-state index is 0.195. The maximum absolute atomic E-state index is 12.3. The lowest BCUT2D eigenvalue weighted by molar-refractivity contribution is 0.0642. The first-order chi connectivity index (χ1) is 9.02. The first-order valence-corrected chi connectivity index (χ1v) is 6.67. The average molecular weight is 284 g/mol. The summed E-state index contributed by atoms with van der Waals surface area (Å²) in [6, 6.07) is 4.93. The van der Waals surface area contributed by atoms with Crippen LogP contribution in [0.2, 0.25) is 5.02 Å². The van der Waals surface area contributed by atoms with Gasteiger partial charge < -0.3 is 14.7 Å². The molecule has 19 heavy (non-hydrogen) atoms. The van der Waals surface area contributed by atoms with Crippen LogP contribution in [0.5, 0.6) is 5.75 Å². The zero-order valence-corrected chi connectivity index (χ0v) is 11.9. The number of nitrogens with zero attached hydrogens (tertiary/aromatic N) is 1. The molecule has 0 bridgehead atoms. The summed E-state index contributed by atoms with van der Waals surface area (Å²) in [5.74, 6) is 0.637. The molecule has 0 radical (unpaired) electrons. The van der Waals surface area contributed by atoms with Crippen molar-refractivity contribution in [3.05, 3.63) is 28.8 Å². The molecule has 104 valence electrons. The lowest BCUT2D eigenvalue weighted by Gasteiger charge is -2.21. The molecule has 4 nitrogen and oxygen atoms in total. The van der Waals surface area contributed by atoms with Crippen molar-refractivity contribution in [3.8, 4) is 5.75 Å². The van der Waals surface area contributed by atoms with Gasteiger partial charge in [0.2, 0.25) is 0 Å². The Balaban J connectivity index is 2.11. The third-order valence-electron chi connectivity index (χ3n) is 3.37. The van der Waals surface area contributed by atoms with Gasteiger partial charge in [-0.2, -0.15) is 0 Å². The number of likely N-dealkylation sites (N-methyl/N-ethyl adjacent to an activating group) is 1. The van der Waals surface area contributed by atoms with Gasteiger partial charge in [0.25, 0.3) is 5.91 Å². The van der Waals surface area contributed by atoms with E-state index in [4.69, 9.17) is 16.3 Å². The summed E-state index contributed by atoms with van der Waals surface area (Å²) >= 11 is 5.91. The molecule has 1 aliphatic carbocycles. The van der Waals surface area contributed by atoms with E-state index in [9.17, 15) is 9.90 Å². The topological polar surface area (TPSA) is 49.8 Å². The predicted molar refractivity (Wildman–Crippen MR) is 73.7 cm³/mol. The molecule has 1 N–H and O–H groups in total. The van der Waals surface area contributed by atoms with Gasteiger partial charge in [0.05, 0.1) is 18.8 Å². The van der Waals surface area contributed by atoms with Crippen molar-refractivity contribution in [2.24, 2.45) is 5.92 Å². The maximum atomic E-state index is 12.3. The molecule has 1 fully saturated rings. The SMILES string of the molecule is COc1ccc(Cl)cc1C(=O)N(C)CC(O)C1CC1. The molecule has 0 heterocycles. The smallest absolute Gasteiger partial charge is 0.257 e. The van der Waals surface area contributed by atoms with E-state index >= 15 is 0 Å². The van der Waals surface area contributed by atoms with E-state index in [-0.39, 0.29) is 5.91 Å². The molecule has 1 saturated carbocycles. The molecule has 0 spiro atoms. The standard InChI is InChI=1S/C14H18ClNO3/c1-16(8-12(17)9-3-4-9)14(18)11-7-10(15)5-6-13(11)19-2/h5-7,9,12,17H,3-4,8H2,1-2H3. The normalized spacial score (nSPS) is 16.0. The van der Waals surface area contributed by atoms with E-state index in [0.29, 0.717) is 28.8 Å². The Morgan fingerprint density at radius 2 is 2.26 bits per heavy atom.